The normalized spacial score (nSPS) is 13.5. The number of amides is 3. The second-order valence-corrected chi connectivity index (χ2v) is 11.7. The zero-order valence-electron chi connectivity index (χ0n) is 27.5. The van der Waals surface area contributed by atoms with Gasteiger partial charge in [-0.2, -0.15) is 4.98 Å². The van der Waals surface area contributed by atoms with E-state index in [4.69, 9.17) is 14.2 Å². The molecule has 0 aliphatic carbocycles. The molecule has 2 aromatic carbocycles. The number of benzene rings is 2. The Kier molecular flexibility index (Phi) is 11.2. The van der Waals surface area contributed by atoms with Crippen LogP contribution in [0.1, 0.15) is 69.6 Å². The van der Waals surface area contributed by atoms with Crippen molar-refractivity contribution in [3.63, 3.8) is 0 Å². The lowest BCUT2D eigenvalue weighted by atomic mass is 10.1. The van der Waals surface area contributed by atoms with Gasteiger partial charge in [-0.25, -0.2) is 9.78 Å². The van der Waals surface area contributed by atoms with E-state index in [0.29, 0.717) is 29.1 Å². The van der Waals surface area contributed by atoms with Crippen LogP contribution in [0.15, 0.2) is 54.6 Å². The molecule has 0 radical (unpaired) electrons. The van der Waals surface area contributed by atoms with Crippen molar-refractivity contribution in [2.24, 2.45) is 0 Å². The summed E-state index contributed by atoms with van der Waals surface area (Å²) in [5.74, 6) is 5.04. The molecular weight excluding hydrogens is 602 g/mol. The SMILES string of the molecule is CCOC(=O)CC(C)N1CC(=O)N(c2ccccc2)c2ccc(C#CCOc3cc(CC)nc(NC(=O)OC(C)(C)C)n3)cc2C1=O. The minimum Gasteiger partial charge on any atom is -0.466 e. The fraction of sp³-hybridized carbons (Fsp3) is 0.371. The van der Waals surface area contributed by atoms with Crippen molar-refractivity contribution >= 4 is 41.2 Å². The number of rotatable bonds is 9. The molecule has 47 heavy (non-hydrogen) atoms. The first-order chi connectivity index (χ1) is 22.4. The Hall–Kier alpha value is -5.44. The number of aryl methyl sites for hydroxylation is 1. The number of nitrogens with zero attached hydrogens (tertiary/aromatic N) is 4. The third kappa shape index (κ3) is 9.29. The molecule has 0 bridgehead atoms. The van der Waals surface area contributed by atoms with E-state index in [2.05, 4.69) is 27.1 Å². The molecular formula is C35H39N5O7. The molecule has 1 aliphatic heterocycles. The number of carbonyl (C=O) groups is 4. The summed E-state index contributed by atoms with van der Waals surface area (Å²) in [5.41, 5.74) is 1.77. The van der Waals surface area contributed by atoms with Crippen LogP contribution in [0.3, 0.4) is 0 Å². The van der Waals surface area contributed by atoms with Crippen molar-refractivity contribution in [1.29, 1.82) is 0 Å². The molecule has 2 heterocycles. The Morgan fingerprint density at radius 2 is 1.79 bits per heavy atom. The third-order valence-electron chi connectivity index (χ3n) is 6.85. The average molecular weight is 642 g/mol. The summed E-state index contributed by atoms with van der Waals surface area (Å²) in [6.07, 6.45) is -0.160. The van der Waals surface area contributed by atoms with E-state index in [-0.39, 0.29) is 49.5 Å². The Morgan fingerprint density at radius 1 is 1.04 bits per heavy atom. The van der Waals surface area contributed by atoms with Crippen LogP contribution in [0.2, 0.25) is 0 Å². The molecule has 0 fully saturated rings. The summed E-state index contributed by atoms with van der Waals surface area (Å²) >= 11 is 0. The zero-order valence-corrected chi connectivity index (χ0v) is 27.5. The van der Waals surface area contributed by atoms with Crippen LogP contribution in [0, 0.1) is 11.8 Å². The highest BCUT2D eigenvalue weighted by molar-refractivity contribution is 6.13. The van der Waals surface area contributed by atoms with Gasteiger partial charge in [-0.3, -0.25) is 24.6 Å². The fourth-order valence-corrected chi connectivity index (χ4v) is 4.77. The van der Waals surface area contributed by atoms with Gasteiger partial charge in [0.1, 0.15) is 12.1 Å². The van der Waals surface area contributed by atoms with Crippen molar-refractivity contribution in [1.82, 2.24) is 14.9 Å². The summed E-state index contributed by atoms with van der Waals surface area (Å²) in [7, 11) is 0. The lowest BCUT2D eigenvalue weighted by molar-refractivity contribution is -0.144. The van der Waals surface area contributed by atoms with Crippen LogP contribution < -0.4 is 15.0 Å². The molecule has 4 rings (SSSR count). The highest BCUT2D eigenvalue weighted by Gasteiger charge is 2.35. The predicted molar refractivity (Wildman–Crippen MR) is 175 cm³/mol. The topological polar surface area (TPSA) is 140 Å². The molecule has 1 N–H and O–H groups in total. The standard InChI is InChI=1S/C35H39N5O7/c1-7-25-21-29(37-33(36-25)38-34(44)47-35(4,5)6)46-18-12-13-24-16-17-28-27(20-24)32(43)39(23(3)19-31(42)45-8-2)22-30(41)40(28)26-14-10-9-11-15-26/h9-11,14-17,20-21,23H,7-8,18-19,22H2,1-6H3,(H,36,37,38,44). The van der Waals surface area contributed by atoms with E-state index in [1.54, 1.807) is 71.0 Å². The van der Waals surface area contributed by atoms with E-state index >= 15 is 0 Å². The summed E-state index contributed by atoms with van der Waals surface area (Å²) in [4.78, 5) is 63.4. The highest BCUT2D eigenvalue weighted by Crippen LogP contribution is 2.33. The van der Waals surface area contributed by atoms with Gasteiger partial charge in [0, 0.05) is 29.1 Å². The average Bonchev–Trinajstić information content (AvgIpc) is 3.12. The monoisotopic (exact) mass is 641 g/mol. The van der Waals surface area contributed by atoms with Gasteiger partial charge in [0.05, 0.1) is 24.3 Å². The first-order valence-electron chi connectivity index (χ1n) is 15.4. The Labute approximate surface area is 274 Å². The van der Waals surface area contributed by atoms with Crippen molar-refractivity contribution in [3.05, 3.63) is 71.4 Å². The van der Waals surface area contributed by atoms with Gasteiger partial charge in [-0.1, -0.05) is 37.0 Å². The maximum atomic E-state index is 13.9. The van der Waals surface area contributed by atoms with Gasteiger partial charge >= 0.3 is 12.1 Å². The molecule has 1 unspecified atom stereocenters. The smallest absolute Gasteiger partial charge is 0.414 e. The molecule has 0 saturated carbocycles. The Balaban J connectivity index is 1.58. The number of nitrogens with one attached hydrogen (secondary N) is 1. The lowest BCUT2D eigenvalue weighted by Gasteiger charge is -2.27. The number of carbonyl (C=O) groups excluding carboxylic acids is 4. The van der Waals surface area contributed by atoms with E-state index in [1.807, 2.05) is 25.1 Å². The molecule has 12 nitrogen and oxygen atoms in total. The van der Waals surface area contributed by atoms with Crippen LogP contribution in [-0.4, -0.2) is 70.1 Å². The van der Waals surface area contributed by atoms with Crippen molar-refractivity contribution < 1.29 is 33.4 Å². The van der Waals surface area contributed by atoms with Gasteiger partial charge in [0.25, 0.3) is 11.8 Å². The number of fused-ring (bicyclic) bond motifs is 1. The maximum Gasteiger partial charge on any atom is 0.414 e. The van der Waals surface area contributed by atoms with Crippen LogP contribution in [-0.2, 0) is 25.5 Å². The van der Waals surface area contributed by atoms with E-state index in [9.17, 15) is 19.2 Å². The van der Waals surface area contributed by atoms with Gasteiger partial charge in [-0.15, -0.1) is 0 Å². The number of esters is 1. The predicted octanol–water partition coefficient (Wildman–Crippen LogP) is 5.28. The maximum absolute atomic E-state index is 13.9. The van der Waals surface area contributed by atoms with Crippen LogP contribution in [0.5, 0.6) is 5.88 Å². The number of anilines is 3. The molecule has 12 heteroatoms. The molecule has 0 spiro atoms. The molecule has 0 saturated heterocycles. The van der Waals surface area contributed by atoms with Gasteiger partial charge in [0.15, 0.2) is 6.61 Å². The largest absolute Gasteiger partial charge is 0.466 e. The minimum atomic E-state index is -0.685. The van der Waals surface area contributed by atoms with Crippen LogP contribution in [0.25, 0.3) is 0 Å². The van der Waals surface area contributed by atoms with Crippen molar-refractivity contribution in [2.45, 2.75) is 66.0 Å². The summed E-state index contributed by atoms with van der Waals surface area (Å²) in [5, 5.41) is 2.53. The summed E-state index contributed by atoms with van der Waals surface area (Å²) in [6.45, 7) is 10.5. The number of hydrogen-bond donors (Lipinski definition) is 1. The van der Waals surface area contributed by atoms with Gasteiger partial charge < -0.3 is 19.1 Å². The summed E-state index contributed by atoms with van der Waals surface area (Å²) < 4.78 is 16.1. The number of para-hydroxylation sites is 1. The first-order valence-corrected chi connectivity index (χ1v) is 15.4. The Morgan fingerprint density at radius 3 is 2.47 bits per heavy atom. The van der Waals surface area contributed by atoms with E-state index < -0.39 is 29.6 Å². The Bertz CT molecular complexity index is 1690. The summed E-state index contributed by atoms with van der Waals surface area (Å²) in [6, 6.07) is 15.2. The molecule has 3 aromatic rings. The molecule has 3 amide bonds. The van der Waals surface area contributed by atoms with Crippen molar-refractivity contribution in [3.8, 4) is 17.7 Å². The highest BCUT2D eigenvalue weighted by atomic mass is 16.6. The number of aromatic nitrogens is 2. The molecule has 1 aromatic heterocycles. The molecule has 1 atom stereocenters. The van der Waals surface area contributed by atoms with E-state index in [1.165, 1.54) is 9.80 Å². The van der Waals surface area contributed by atoms with Gasteiger partial charge in [0.2, 0.25) is 11.8 Å². The minimum absolute atomic E-state index is 0.0464. The lowest BCUT2D eigenvalue weighted by Crippen LogP contribution is -2.43. The van der Waals surface area contributed by atoms with Gasteiger partial charge in [-0.05, 0) is 71.4 Å². The number of ether oxygens (including phenoxy) is 3. The molecule has 1 aliphatic rings. The quantitative estimate of drug-likeness (QED) is 0.244. The van der Waals surface area contributed by atoms with Crippen LogP contribution in [0.4, 0.5) is 22.1 Å². The van der Waals surface area contributed by atoms with Crippen molar-refractivity contribution in [2.75, 3.05) is 30.0 Å². The molecule has 246 valence electrons. The van der Waals surface area contributed by atoms with Crippen LogP contribution >= 0.6 is 0 Å². The first kappa shape index (κ1) is 34.4. The third-order valence-corrected chi connectivity index (χ3v) is 6.85. The number of hydrogen-bond acceptors (Lipinski definition) is 9. The fourth-order valence-electron chi connectivity index (χ4n) is 4.77. The zero-order chi connectivity index (χ0) is 34.1. The second-order valence-electron chi connectivity index (χ2n) is 11.7. The second kappa shape index (κ2) is 15.2. The van der Waals surface area contributed by atoms with E-state index in [0.717, 1.165) is 0 Å².